The van der Waals surface area contributed by atoms with Crippen LogP contribution in [0.25, 0.3) is 0 Å². The third kappa shape index (κ3) is 3.34. The number of thiazole rings is 1. The number of nitrogens with one attached hydrogen (secondary N) is 1. The Morgan fingerprint density at radius 1 is 1.65 bits per heavy atom. The molecule has 3 N–H and O–H groups in total. The van der Waals surface area contributed by atoms with Crippen molar-refractivity contribution in [1.29, 1.82) is 0 Å². The van der Waals surface area contributed by atoms with Crippen LogP contribution in [0.1, 0.15) is 32.6 Å². The lowest BCUT2D eigenvalue weighted by Gasteiger charge is -2.26. The molecule has 1 saturated heterocycles. The van der Waals surface area contributed by atoms with Gasteiger partial charge >= 0.3 is 0 Å². The number of nitrogens with zero attached hydrogens (tertiary/aromatic N) is 2. The first kappa shape index (κ1) is 14.9. The highest BCUT2D eigenvalue weighted by Crippen LogP contribution is 2.21. The second-order valence-electron chi connectivity index (χ2n) is 4.91. The SMILES string of the molecule is CCCC(N)C(=O)N1CCCC1C(=O)Nc1nccs1. The van der Waals surface area contributed by atoms with Crippen LogP contribution in [-0.2, 0) is 9.59 Å². The molecule has 1 aromatic heterocycles. The fourth-order valence-corrected chi connectivity index (χ4v) is 2.96. The topological polar surface area (TPSA) is 88.3 Å². The molecule has 0 bridgehead atoms. The normalized spacial score (nSPS) is 19.9. The van der Waals surface area contributed by atoms with Gasteiger partial charge in [-0.2, -0.15) is 0 Å². The van der Waals surface area contributed by atoms with Crippen LogP contribution in [0.3, 0.4) is 0 Å². The summed E-state index contributed by atoms with van der Waals surface area (Å²) < 4.78 is 0. The molecule has 0 spiro atoms. The van der Waals surface area contributed by atoms with E-state index in [0.717, 1.165) is 12.8 Å². The molecule has 2 unspecified atom stereocenters. The van der Waals surface area contributed by atoms with Crippen molar-refractivity contribution in [3.8, 4) is 0 Å². The van der Waals surface area contributed by atoms with Crippen LogP contribution >= 0.6 is 11.3 Å². The first-order valence-electron chi connectivity index (χ1n) is 6.90. The Kier molecular flexibility index (Phi) is 5.08. The fraction of sp³-hybridized carbons (Fsp3) is 0.615. The van der Waals surface area contributed by atoms with Crippen LogP contribution in [-0.4, -0.2) is 40.3 Å². The Labute approximate surface area is 122 Å². The predicted octanol–water partition coefficient (Wildman–Crippen LogP) is 1.20. The quantitative estimate of drug-likeness (QED) is 0.854. The molecule has 1 aromatic rings. The second kappa shape index (κ2) is 6.81. The van der Waals surface area contributed by atoms with E-state index in [1.54, 1.807) is 16.5 Å². The van der Waals surface area contributed by atoms with Crippen molar-refractivity contribution < 1.29 is 9.59 Å². The van der Waals surface area contributed by atoms with Crippen LogP contribution in [0.2, 0.25) is 0 Å². The number of rotatable bonds is 5. The van der Waals surface area contributed by atoms with Crippen molar-refractivity contribution in [3.05, 3.63) is 11.6 Å². The van der Waals surface area contributed by atoms with Gasteiger partial charge < -0.3 is 16.0 Å². The largest absolute Gasteiger partial charge is 0.329 e. The van der Waals surface area contributed by atoms with E-state index >= 15 is 0 Å². The van der Waals surface area contributed by atoms with Crippen LogP contribution in [0, 0.1) is 0 Å². The molecule has 0 saturated carbocycles. The lowest BCUT2D eigenvalue weighted by molar-refractivity contribution is -0.137. The minimum atomic E-state index is -0.506. The number of carbonyl (C=O) groups is 2. The van der Waals surface area contributed by atoms with Gasteiger partial charge in [0, 0.05) is 18.1 Å². The third-order valence-electron chi connectivity index (χ3n) is 3.42. The van der Waals surface area contributed by atoms with E-state index in [2.05, 4.69) is 10.3 Å². The molecule has 0 aromatic carbocycles. The number of aromatic nitrogens is 1. The summed E-state index contributed by atoms with van der Waals surface area (Å²) in [4.78, 5) is 30.1. The summed E-state index contributed by atoms with van der Waals surface area (Å²) in [6, 6.07) is -0.928. The van der Waals surface area contributed by atoms with Gasteiger partial charge in [0.15, 0.2) is 5.13 Å². The Morgan fingerprint density at radius 3 is 3.10 bits per heavy atom. The number of hydrogen-bond acceptors (Lipinski definition) is 5. The predicted molar refractivity (Wildman–Crippen MR) is 78.4 cm³/mol. The van der Waals surface area contributed by atoms with E-state index in [9.17, 15) is 9.59 Å². The monoisotopic (exact) mass is 296 g/mol. The molecule has 1 fully saturated rings. The zero-order chi connectivity index (χ0) is 14.5. The van der Waals surface area contributed by atoms with Gasteiger partial charge in [-0.1, -0.05) is 13.3 Å². The van der Waals surface area contributed by atoms with Crippen LogP contribution in [0.15, 0.2) is 11.6 Å². The maximum atomic E-state index is 12.3. The highest BCUT2D eigenvalue weighted by molar-refractivity contribution is 7.13. The van der Waals surface area contributed by atoms with Crippen LogP contribution in [0.4, 0.5) is 5.13 Å². The zero-order valence-corrected chi connectivity index (χ0v) is 12.4. The van der Waals surface area contributed by atoms with Crippen molar-refractivity contribution in [2.45, 2.75) is 44.7 Å². The van der Waals surface area contributed by atoms with E-state index in [-0.39, 0.29) is 11.8 Å². The molecular formula is C13H20N4O2S. The maximum Gasteiger partial charge on any atom is 0.248 e. The van der Waals surface area contributed by atoms with Crippen molar-refractivity contribution in [1.82, 2.24) is 9.88 Å². The molecule has 1 aliphatic heterocycles. The molecule has 0 aliphatic carbocycles. The number of hydrogen-bond donors (Lipinski definition) is 2. The summed E-state index contributed by atoms with van der Waals surface area (Å²) in [6.45, 7) is 2.59. The molecule has 2 atom stereocenters. The summed E-state index contributed by atoms with van der Waals surface area (Å²) >= 11 is 1.36. The number of nitrogens with two attached hydrogens (primary N) is 1. The smallest absolute Gasteiger partial charge is 0.248 e. The Hall–Kier alpha value is -1.47. The molecule has 2 heterocycles. The first-order valence-corrected chi connectivity index (χ1v) is 7.78. The first-order chi connectivity index (χ1) is 9.63. The number of likely N-dealkylation sites (tertiary alicyclic amines) is 1. The fourth-order valence-electron chi connectivity index (χ4n) is 2.42. The average molecular weight is 296 g/mol. The van der Waals surface area contributed by atoms with Gasteiger partial charge in [0.1, 0.15) is 6.04 Å². The van der Waals surface area contributed by atoms with Crippen molar-refractivity contribution in [3.63, 3.8) is 0 Å². The van der Waals surface area contributed by atoms with E-state index in [1.807, 2.05) is 6.92 Å². The summed E-state index contributed by atoms with van der Waals surface area (Å²) in [5.74, 6) is -0.293. The molecule has 0 radical (unpaired) electrons. The summed E-state index contributed by atoms with van der Waals surface area (Å²) in [7, 11) is 0. The molecule has 2 amide bonds. The highest BCUT2D eigenvalue weighted by Gasteiger charge is 2.36. The molecule has 110 valence electrons. The lowest BCUT2D eigenvalue weighted by atomic mass is 10.1. The molecule has 2 rings (SSSR count). The van der Waals surface area contributed by atoms with E-state index in [0.29, 0.717) is 24.5 Å². The summed E-state index contributed by atoms with van der Waals surface area (Å²) in [6.07, 6.45) is 4.66. The van der Waals surface area contributed by atoms with Gasteiger partial charge in [-0.05, 0) is 19.3 Å². The van der Waals surface area contributed by atoms with Crippen molar-refractivity contribution in [2.24, 2.45) is 5.73 Å². The molecule has 7 heteroatoms. The third-order valence-corrected chi connectivity index (χ3v) is 4.11. The van der Waals surface area contributed by atoms with E-state index in [4.69, 9.17) is 5.73 Å². The molecule has 1 aliphatic rings. The summed E-state index contributed by atoms with van der Waals surface area (Å²) in [5.41, 5.74) is 5.87. The number of anilines is 1. The second-order valence-corrected chi connectivity index (χ2v) is 5.81. The molecular weight excluding hydrogens is 276 g/mol. The van der Waals surface area contributed by atoms with Crippen LogP contribution in [0.5, 0.6) is 0 Å². The van der Waals surface area contributed by atoms with Gasteiger partial charge in [0.2, 0.25) is 11.8 Å². The minimum absolute atomic E-state index is 0.122. The van der Waals surface area contributed by atoms with Gasteiger partial charge in [-0.3, -0.25) is 9.59 Å². The van der Waals surface area contributed by atoms with Crippen molar-refractivity contribution in [2.75, 3.05) is 11.9 Å². The van der Waals surface area contributed by atoms with Gasteiger partial charge in [-0.15, -0.1) is 11.3 Å². The zero-order valence-electron chi connectivity index (χ0n) is 11.5. The van der Waals surface area contributed by atoms with Crippen molar-refractivity contribution >= 4 is 28.3 Å². The Morgan fingerprint density at radius 2 is 2.45 bits per heavy atom. The van der Waals surface area contributed by atoms with Gasteiger partial charge in [-0.25, -0.2) is 4.98 Å². The molecule has 20 heavy (non-hydrogen) atoms. The molecule has 6 nitrogen and oxygen atoms in total. The minimum Gasteiger partial charge on any atom is -0.329 e. The standard InChI is InChI=1S/C13H20N4O2S/c1-2-4-9(14)12(19)17-7-3-5-10(17)11(18)16-13-15-6-8-20-13/h6,8-10H,2-5,7,14H2,1H3,(H,15,16,18). The van der Waals surface area contributed by atoms with E-state index < -0.39 is 12.1 Å². The highest BCUT2D eigenvalue weighted by atomic mass is 32.1. The van der Waals surface area contributed by atoms with Gasteiger partial charge in [0.25, 0.3) is 0 Å². The number of amides is 2. The number of carbonyl (C=O) groups excluding carboxylic acids is 2. The van der Waals surface area contributed by atoms with Gasteiger partial charge in [0.05, 0.1) is 6.04 Å². The Bertz CT molecular complexity index is 463. The lowest BCUT2D eigenvalue weighted by Crippen LogP contribution is -2.49. The Balaban J connectivity index is 1.99. The average Bonchev–Trinajstić information content (AvgIpc) is 3.08. The maximum absolute atomic E-state index is 12.3. The van der Waals surface area contributed by atoms with E-state index in [1.165, 1.54) is 11.3 Å². The van der Waals surface area contributed by atoms with Crippen LogP contribution < -0.4 is 11.1 Å². The summed E-state index contributed by atoms with van der Waals surface area (Å²) in [5, 5.41) is 5.11.